The summed E-state index contributed by atoms with van der Waals surface area (Å²) in [5, 5.41) is 0. The average Bonchev–Trinajstić information content (AvgIpc) is 2.75. The van der Waals surface area contributed by atoms with Gasteiger partial charge in [0.2, 0.25) is 0 Å². The average molecular weight is 406 g/mol. The third-order valence-corrected chi connectivity index (χ3v) is 5.81. The van der Waals surface area contributed by atoms with Crippen molar-refractivity contribution >= 4 is 11.9 Å². The van der Waals surface area contributed by atoms with Crippen molar-refractivity contribution in [3.05, 3.63) is 36.1 Å². The maximum Gasteiger partial charge on any atom is 0.306 e. The molecule has 0 bridgehead atoms. The molecule has 1 amide bonds. The van der Waals surface area contributed by atoms with Crippen LogP contribution in [0.15, 0.2) is 36.1 Å². The number of carbonyl (C=O) groups excluding carboxylic acids is 2. The van der Waals surface area contributed by atoms with Gasteiger partial charge in [-0.05, 0) is 43.3 Å². The lowest BCUT2D eigenvalue weighted by Crippen LogP contribution is -2.45. The number of esters is 1. The molecule has 0 radical (unpaired) electrons. The summed E-state index contributed by atoms with van der Waals surface area (Å²) in [6.45, 7) is 5.98. The molecule has 1 heterocycles. The van der Waals surface area contributed by atoms with Gasteiger partial charge < -0.3 is 19.1 Å². The predicted molar refractivity (Wildman–Crippen MR) is 112 cm³/mol. The summed E-state index contributed by atoms with van der Waals surface area (Å²) in [5.41, 5.74) is 0.490. The number of hydrogen-bond acceptors (Lipinski definition) is 5. The Kier molecular flexibility index (Phi) is 9.98. The highest BCUT2D eigenvalue weighted by molar-refractivity contribution is 5.97. The van der Waals surface area contributed by atoms with Crippen LogP contribution in [0.3, 0.4) is 0 Å². The van der Waals surface area contributed by atoms with E-state index in [0.29, 0.717) is 30.3 Å². The maximum absolute atomic E-state index is 13.2. The van der Waals surface area contributed by atoms with E-state index in [9.17, 15) is 9.59 Å². The summed E-state index contributed by atoms with van der Waals surface area (Å²) < 4.78 is 15.4. The molecule has 2 fully saturated rings. The van der Waals surface area contributed by atoms with E-state index in [1.165, 1.54) is 25.7 Å². The second kappa shape index (κ2) is 12.5. The van der Waals surface area contributed by atoms with Gasteiger partial charge in [-0.2, -0.15) is 0 Å². The van der Waals surface area contributed by atoms with E-state index in [2.05, 4.69) is 6.58 Å². The molecule has 0 N–H and O–H groups in total. The molecule has 0 aromatic rings. The molecule has 6 heteroatoms. The van der Waals surface area contributed by atoms with Crippen LogP contribution in [-0.4, -0.2) is 57.3 Å². The molecule has 6 nitrogen and oxygen atoms in total. The summed E-state index contributed by atoms with van der Waals surface area (Å²) in [6.07, 6.45) is 11.9. The number of rotatable bonds is 10. The van der Waals surface area contributed by atoms with Crippen LogP contribution in [0, 0.1) is 11.8 Å². The highest BCUT2D eigenvalue weighted by Crippen LogP contribution is 2.36. The number of methoxy groups -OCH3 is 2. The molecule has 2 atom stereocenters. The molecule has 0 aromatic carbocycles. The van der Waals surface area contributed by atoms with Gasteiger partial charge in [-0.3, -0.25) is 9.59 Å². The first-order chi connectivity index (χ1) is 14.1. The van der Waals surface area contributed by atoms with E-state index in [1.54, 1.807) is 32.4 Å². The fourth-order valence-corrected chi connectivity index (χ4v) is 4.27. The Hall–Kier alpha value is -2.08. The van der Waals surface area contributed by atoms with Crippen molar-refractivity contribution in [1.82, 2.24) is 4.90 Å². The minimum Gasteiger partial charge on any atom is -0.496 e. The Bertz CT molecular complexity index is 625. The molecular formula is C23H35NO5. The minimum absolute atomic E-state index is 0.0234. The van der Waals surface area contributed by atoms with Crippen LogP contribution >= 0.6 is 0 Å². The van der Waals surface area contributed by atoms with E-state index in [1.807, 2.05) is 4.90 Å². The summed E-state index contributed by atoms with van der Waals surface area (Å²) in [6, 6.07) is 0. The van der Waals surface area contributed by atoms with Crippen LogP contribution in [0.2, 0.25) is 0 Å². The number of allylic oxidation sites excluding steroid dienone is 3. The molecule has 1 saturated carbocycles. The summed E-state index contributed by atoms with van der Waals surface area (Å²) in [7, 11) is 3.10. The zero-order valence-corrected chi connectivity index (χ0v) is 17.9. The van der Waals surface area contributed by atoms with Gasteiger partial charge >= 0.3 is 5.97 Å². The van der Waals surface area contributed by atoms with E-state index in [-0.39, 0.29) is 24.9 Å². The number of carbonyl (C=O) groups is 2. The Morgan fingerprint density at radius 2 is 1.86 bits per heavy atom. The molecule has 29 heavy (non-hydrogen) atoms. The topological polar surface area (TPSA) is 65.1 Å². The SMILES string of the molecule is C=C/C=C(C(=O)N1CC[C@H]2CCCCC2C1)\C(=C/CCC(=O)OCCOC)OC. The number of amides is 1. The molecule has 1 unspecified atom stereocenters. The van der Waals surface area contributed by atoms with E-state index in [4.69, 9.17) is 14.2 Å². The van der Waals surface area contributed by atoms with E-state index in [0.717, 1.165) is 25.4 Å². The molecule has 1 aliphatic carbocycles. The maximum atomic E-state index is 13.2. The number of hydrogen-bond donors (Lipinski definition) is 0. The second-order valence-corrected chi connectivity index (χ2v) is 7.68. The monoisotopic (exact) mass is 405 g/mol. The van der Waals surface area contributed by atoms with Crippen molar-refractivity contribution in [2.75, 3.05) is 40.5 Å². The van der Waals surface area contributed by atoms with Crippen LogP contribution in [-0.2, 0) is 23.8 Å². The first-order valence-electron chi connectivity index (χ1n) is 10.6. The second-order valence-electron chi connectivity index (χ2n) is 7.68. The lowest BCUT2D eigenvalue weighted by molar-refractivity contribution is -0.144. The van der Waals surface area contributed by atoms with E-state index < -0.39 is 0 Å². The van der Waals surface area contributed by atoms with Crippen molar-refractivity contribution < 1.29 is 23.8 Å². The van der Waals surface area contributed by atoms with Gasteiger partial charge in [0.05, 0.1) is 19.3 Å². The first-order valence-corrected chi connectivity index (χ1v) is 10.6. The van der Waals surface area contributed by atoms with Crippen molar-refractivity contribution in [3.8, 4) is 0 Å². The third kappa shape index (κ3) is 7.03. The van der Waals surface area contributed by atoms with Crippen molar-refractivity contribution in [2.24, 2.45) is 11.8 Å². The number of likely N-dealkylation sites (tertiary alicyclic amines) is 1. The highest BCUT2D eigenvalue weighted by atomic mass is 16.6. The molecule has 2 rings (SSSR count). The third-order valence-electron chi connectivity index (χ3n) is 5.81. The Labute approximate surface area is 174 Å². The highest BCUT2D eigenvalue weighted by Gasteiger charge is 2.34. The fourth-order valence-electron chi connectivity index (χ4n) is 4.27. The van der Waals surface area contributed by atoms with Gasteiger partial charge in [0.25, 0.3) is 5.91 Å². The van der Waals surface area contributed by atoms with Crippen LogP contribution < -0.4 is 0 Å². The largest absolute Gasteiger partial charge is 0.496 e. The number of nitrogens with zero attached hydrogens (tertiary/aromatic N) is 1. The van der Waals surface area contributed by atoms with Crippen molar-refractivity contribution in [3.63, 3.8) is 0 Å². The van der Waals surface area contributed by atoms with Gasteiger partial charge in [-0.25, -0.2) is 0 Å². The first kappa shape index (κ1) is 23.2. The zero-order chi connectivity index (χ0) is 21.1. The summed E-state index contributed by atoms with van der Waals surface area (Å²) in [5.74, 6) is 1.54. The van der Waals surface area contributed by atoms with Crippen LogP contribution in [0.5, 0.6) is 0 Å². The standard InChI is InChI=1S/C23H35NO5/c1-4-8-20(21(28-3)11-7-12-22(25)29-16-15-27-2)23(26)24-14-13-18-9-5-6-10-19(18)17-24/h4,8,11,18-19H,1,5-7,9-10,12-17H2,2-3H3/b20-8+,21-11+/t18-,19?/m1/s1. The fraction of sp³-hybridized carbons (Fsp3) is 0.652. The Balaban J connectivity index is 1.98. The Morgan fingerprint density at radius 3 is 2.55 bits per heavy atom. The van der Waals surface area contributed by atoms with Crippen molar-refractivity contribution in [2.45, 2.75) is 44.9 Å². The predicted octanol–water partition coefficient (Wildman–Crippen LogP) is 3.64. The minimum atomic E-state index is -0.297. The smallest absolute Gasteiger partial charge is 0.306 e. The van der Waals surface area contributed by atoms with Gasteiger partial charge in [-0.15, -0.1) is 0 Å². The van der Waals surface area contributed by atoms with E-state index >= 15 is 0 Å². The number of piperidine rings is 1. The molecule has 0 spiro atoms. The van der Waals surface area contributed by atoms with Crippen molar-refractivity contribution in [1.29, 1.82) is 0 Å². The lowest BCUT2D eigenvalue weighted by atomic mass is 9.75. The number of fused-ring (bicyclic) bond motifs is 1. The van der Waals surface area contributed by atoms with Gasteiger partial charge in [0, 0.05) is 26.6 Å². The normalized spacial score (nSPS) is 22.6. The van der Waals surface area contributed by atoms with Gasteiger partial charge in [0.1, 0.15) is 12.4 Å². The Morgan fingerprint density at radius 1 is 1.10 bits per heavy atom. The molecule has 0 aromatic heterocycles. The molecule has 162 valence electrons. The molecule has 1 saturated heterocycles. The van der Waals surface area contributed by atoms with Crippen LogP contribution in [0.1, 0.15) is 44.9 Å². The van der Waals surface area contributed by atoms with Crippen LogP contribution in [0.25, 0.3) is 0 Å². The zero-order valence-electron chi connectivity index (χ0n) is 17.9. The summed E-state index contributed by atoms with van der Waals surface area (Å²) in [4.78, 5) is 26.9. The van der Waals surface area contributed by atoms with Crippen LogP contribution in [0.4, 0.5) is 0 Å². The molecule has 1 aliphatic heterocycles. The van der Waals surface area contributed by atoms with Gasteiger partial charge in [-0.1, -0.05) is 31.9 Å². The summed E-state index contributed by atoms with van der Waals surface area (Å²) >= 11 is 0. The van der Waals surface area contributed by atoms with Gasteiger partial charge in [0.15, 0.2) is 0 Å². The lowest BCUT2D eigenvalue weighted by Gasteiger charge is -2.41. The quantitative estimate of drug-likeness (QED) is 0.183. The number of ether oxygens (including phenoxy) is 3. The molecule has 2 aliphatic rings. The molecular weight excluding hydrogens is 370 g/mol.